The minimum atomic E-state index is 0.342. The van der Waals surface area contributed by atoms with Crippen molar-refractivity contribution in [2.75, 3.05) is 6.54 Å². The van der Waals surface area contributed by atoms with Crippen LogP contribution in [0, 0.1) is 6.92 Å². The number of benzene rings is 1. The van der Waals surface area contributed by atoms with Crippen LogP contribution in [-0.4, -0.2) is 33.1 Å². The van der Waals surface area contributed by atoms with Gasteiger partial charge < -0.3 is 15.4 Å². The van der Waals surface area contributed by atoms with Gasteiger partial charge >= 0.3 is 0 Å². The standard InChI is InChI=1S/C25H32N6O/c1-3-27-25(29-16-20-10-11-28-24(15-20)31-13-12-26-18-31)30-17-21-9-8-19(2)14-23(21)32-22-6-4-5-7-22/h8-15,18,22H,3-7,16-17H2,1-2H3,(H2,27,29,30). The Hall–Kier alpha value is -3.35. The number of hydrogen-bond acceptors (Lipinski definition) is 4. The number of ether oxygens (including phenoxy) is 1. The van der Waals surface area contributed by atoms with Gasteiger partial charge in [0.15, 0.2) is 5.96 Å². The maximum Gasteiger partial charge on any atom is 0.191 e. The van der Waals surface area contributed by atoms with Crippen LogP contribution in [0.25, 0.3) is 5.82 Å². The van der Waals surface area contributed by atoms with Crippen LogP contribution in [0.4, 0.5) is 0 Å². The molecule has 2 heterocycles. The lowest BCUT2D eigenvalue weighted by molar-refractivity contribution is 0.207. The van der Waals surface area contributed by atoms with E-state index in [1.807, 2.05) is 22.9 Å². The Bertz CT molecular complexity index is 1020. The molecule has 32 heavy (non-hydrogen) atoms. The van der Waals surface area contributed by atoms with Crippen molar-refractivity contribution in [3.05, 3.63) is 71.9 Å². The second-order valence-electron chi connectivity index (χ2n) is 8.18. The smallest absolute Gasteiger partial charge is 0.191 e. The van der Waals surface area contributed by atoms with Crippen molar-refractivity contribution in [3.63, 3.8) is 0 Å². The van der Waals surface area contributed by atoms with Gasteiger partial charge in [-0.2, -0.15) is 0 Å². The number of pyridine rings is 1. The molecule has 1 saturated carbocycles. The highest BCUT2D eigenvalue weighted by molar-refractivity contribution is 5.79. The molecule has 0 aliphatic heterocycles. The lowest BCUT2D eigenvalue weighted by Crippen LogP contribution is -2.37. The number of aliphatic imine (C=N–C) groups is 1. The van der Waals surface area contributed by atoms with Crippen molar-refractivity contribution in [1.82, 2.24) is 25.2 Å². The zero-order valence-electron chi connectivity index (χ0n) is 18.9. The summed E-state index contributed by atoms with van der Waals surface area (Å²) in [5.41, 5.74) is 3.45. The fourth-order valence-corrected chi connectivity index (χ4v) is 3.89. The first kappa shape index (κ1) is 21.9. The summed E-state index contributed by atoms with van der Waals surface area (Å²) >= 11 is 0. The third-order valence-corrected chi connectivity index (χ3v) is 5.61. The van der Waals surface area contributed by atoms with E-state index in [4.69, 9.17) is 9.73 Å². The Balaban J connectivity index is 1.43. The van der Waals surface area contributed by atoms with Crippen LogP contribution in [0.2, 0.25) is 0 Å². The van der Waals surface area contributed by atoms with Gasteiger partial charge in [-0.25, -0.2) is 15.0 Å². The highest BCUT2D eigenvalue weighted by Crippen LogP contribution is 2.27. The Morgan fingerprint density at radius 3 is 2.81 bits per heavy atom. The molecular formula is C25H32N6O. The van der Waals surface area contributed by atoms with E-state index in [2.05, 4.69) is 52.6 Å². The molecule has 0 unspecified atom stereocenters. The van der Waals surface area contributed by atoms with Crippen LogP contribution in [0.15, 0.2) is 60.2 Å². The molecule has 7 nitrogen and oxygen atoms in total. The number of hydrogen-bond donors (Lipinski definition) is 2. The van der Waals surface area contributed by atoms with Crippen LogP contribution in [0.1, 0.15) is 49.3 Å². The monoisotopic (exact) mass is 432 g/mol. The van der Waals surface area contributed by atoms with Crippen LogP contribution in [0.5, 0.6) is 5.75 Å². The largest absolute Gasteiger partial charge is 0.490 e. The Labute approximate surface area is 190 Å². The predicted molar refractivity (Wildman–Crippen MR) is 127 cm³/mol. The normalized spacial score (nSPS) is 14.5. The molecule has 1 fully saturated rings. The number of nitrogens with zero attached hydrogens (tertiary/aromatic N) is 4. The molecule has 1 aliphatic carbocycles. The van der Waals surface area contributed by atoms with Crippen molar-refractivity contribution in [2.24, 2.45) is 4.99 Å². The van der Waals surface area contributed by atoms with Crippen LogP contribution in [-0.2, 0) is 13.1 Å². The SMILES string of the molecule is CCNC(=NCc1ccnc(-n2ccnc2)c1)NCc1ccc(C)cc1OC1CCCC1. The quantitative estimate of drug-likeness (QED) is 0.413. The number of aromatic nitrogens is 3. The highest BCUT2D eigenvalue weighted by atomic mass is 16.5. The van der Waals surface area contributed by atoms with Gasteiger partial charge in [0.1, 0.15) is 17.9 Å². The molecule has 0 atom stereocenters. The highest BCUT2D eigenvalue weighted by Gasteiger charge is 2.18. The maximum absolute atomic E-state index is 6.34. The third kappa shape index (κ3) is 5.87. The molecule has 2 aromatic heterocycles. The van der Waals surface area contributed by atoms with Crippen LogP contribution < -0.4 is 15.4 Å². The topological polar surface area (TPSA) is 76.4 Å². The summed E-state index contributed by atoms with van der Waals surface area (Å²) < 4.78 is 8.23. The molecule has 0 spiro atoms. The van der Waals surface area contributed by atoms with Gasteiger partial charge in [-0.05, 0) is 68.9 Å². The number of imidazole rings is 1. The summed E-state index contributed by atoms with van der Waals surface area (Å²) in [5, 5.41) is 6.80. The lowest BCUT2D eigenvalue weighted by atomic mass is 10.1. The van der Waals surface area contributed by atoms with Gasteiger partial charge in [0.2, 0.25) is 0 Å². The maximum atomic E-state index is 6.34. The second kappa shape index (κ2) is 10.8. The van der Waals surface area contributed by atoms with Gasteiger partial charge in [0.25, 0.3) is 0 Å². The summed E-state index contributed by atoms with van der Waals surface area (Å²) in [6.07, 6.45) is 12.3. The van der Waals surface area contributed by atoms with E-state index in [-0.39, 0.29) is 0 Å². The lowest BCUT2D eigenvalue weighted by Gasteiger charge is -2.18. The second-order valence-corrected chi connectivity index (χ2v) is 8.18. The Morgan fingerprint density at radius 2 is 2.03 bits per heavy atom. The zero-order valence-corrected chi connectivity index (χ0v) is 18.9. The molecule has 0 saturated heterocycles. The fourth-order valence-electron chi connectivity index (χ4n) is 3.89. The molecule has 3 aromatic rings. The number of guanidine groups is 1. The van der Waals surface area contributed by atoms with E-state index in [0.717, 1.165) is 48.0 Å². The van der Waals surface area contributed by atoms with Crippen molar-refractivity contribution < 1.29 is 4.74 Å². The molecule has 0 amide bonds. The number of nitrogens with one attached hydrogen (secondary N) is 2. The van der Waals surface area contributed by atoms with E-state index in [1.54, 1.807) is 18.7 Å². The average Bonchev–Trinajstić information content (AvgIpc) is 3.51. The van der Waals surface area contributed by atoms with Crippen molar-refractivity contribution in [3.8, 4) is 11.6 Å². The van der Waals surface area contributed by atoms with Crippen molar-refractivity contribution in [1.29, 1.82) is 0 Å². The Kier molecular flexibility index (Phi) is 7.38. The minimum absolute atomic E-state index is 0.342. The average molecular weight is 433 g/mol. The zero-order chi connectivity index (χ0) is 22.2. The molecule has 0 radical (unpaired) electrons. The van der Waals surface area contributed by atoms with Gasteiger partial charge in [-0.1, -0.05) is 12.1 Å². The molecule has 7 heteroatoms. The molecule has 4 rings (SSSR count). The van der Waals surface area contributed by atoms with E-state index in [1.165, 1.54) is 18.4 Å². The van der Waals surface area contributed by atoms with Gasteiger partial charge in [-0.3, -0.25) is 4.57 Å². The van der Waals surface area contributed by atoms with Crippen LogP contribution >= 0.6 is 0 Å². The van der Waals surface area contributed by atoms with Crippen molar-refractivity contribution in [2.45, 2.75) is 58.7 Å². The van der Waals surface area contributed by atoms with Gasteiger partial charge in [0.05, 0.1) is 12.6 Å². The molecule has 0 bridgehead atoms. The molecule has 168 valence electrons. The van der Waals surface area contributed by atoms with Crippen molar-refractivity contribution >= 4 is 5.96 Å². The molecule has 2 N–H and O–H groups in total. The van der Waals surface area contributed by atoms with E-state index in [0.29, 0.717) is 19.2 Å². The first-order chi connectivity index (χ1) is 15.7. The summed E-state index contributed by atoms with van der Waals surface area (Å²) in [4.78, 5) is 13.3. The Morgan fingerprint density at radius 1 is 1.16 bits per heavy atom. The first-order valence-electron chi connectivity index (χ1n) is 11.4. The summed E-state index contributed by atoms with van der Waals surface area (Å²) in [6.45, 7) is 6.18. The summed E-state index contributed by atoms with van der Waals surface area (Å²) in [5.74, 6) is 2.60. The third-order valence-electron chi connectivity index (χ3n) is 5.61. The van der Waals surface area contributed by atoms with Gasteiger partial charge in [-0.15, -0.1) is 0 Å². The van der Waals surface area contributed by atoms with Gasteiger partial charge in [0, 0.05) is 37.2 Å². The summed E-state index contributed by atoms with van der Waals surface area (Å²) in [7, 11) is 0. The minimum Gasteiger partial charge on any atom is -0.490 e. The number of aryl methyl sites for hydroxylation is 1. The van der Waals surface area contributed by atoms with Crippen LogP contribution in [0.3, 0.4) is 0 Å². The number of rotatable bonds is 8. The first-order valence-corrected chi connectivity index (χ1v) is 11.4. The van der Waals surface area contributed by atoms with E-state index in [9.17, 15) is 0 Å². The van der Waals surface area contributed by atoms with E-state index >= 15 is 0 Å². The molecular weight excluding hydrogens is 400 g/mol. The van der Waals surface area contributed by atoms with E-state index < -0.39 is 0 Å². The fraction of sp³-hybridized carbons (Fsp3) is 0.400. The summed E-state index contributed by atoms with van der Waals surface area (Å²) in [6, 6.07) is 10.4. The molecule has 1 aromatic carbocycles. The predicted octanol–water partition coefficient (Wildman–Crippen LogP) is 4.15. The molecule has 1 aliphatic rings.